The van der Waals surface area contributed by atoms with E-state index in [4.69, 9.17) is 11.6 Å². The fourth-order valence-electron chi connectivity index (χ4n) is 3.34. The van der Waals surface area contributed by atoms with Gasteiger partial charge < -0.3 is 9.67 Å². The zero-order chi connectivity index (χ0) is 21.5. The molecule has 0 bridgehead atoms. The third kappa shape index (κ3) is 5.05. The Morgan fingerprint density at radius 1 is 1.10 bits per heavy atom. The molecule has 0 atom stereocenters. The van der Waals surface area contributed by atoms with Gasteiger partial charge in [-0.15, -0.1) is 0 Å². The number of aromatic nitrogens is 2. The molecule has 6 heteroatoms. The van der Waals surface area contributed by atoms with Crippen molar-refractivity contribution in [3.05, 3.63) is 94.0 Å². The molecule has 1 heterocycles. The quantitative estimate of drug-likeness (QED) is 0.377. The largest absolute Gasteiger partial charge is 0.478 e. The van der Waals surface area contributed by atoms with Gasteiger partial charge in [-0.25, -0.2) is 9.78 Å². The van der Waals surface area contributed by atoms with Crippen molar-refractivity contribution in [3.63, 3.8) is 0 Å². The molecular weight excluding hydrogens is 400 g/mol. The number of benzene rings is 2. The lowest BCUT2D eigenvalue weighted by Crippen LogP contribution is -2.09. The minimum atomic E-state index is -0.998. The number of unbranched alkanes of at least 4 members (excludes halogenated alkanes) is 1. The van der Waals surface area contributed by atoms with Crippen LogP contribution in [0.3, 0.4) is 0 Å². The number of aryl methyl sites for hydroxylation is 1. The first-order valence-electron chi connectivity index (χ1n) is 9.83. The molecule has 0 aliphatic rings. The van der Waals surface area contributed by atoms with E-state index in [0.717, 1.165) is 48.1 Å². The minimum absolute atomic E-state index is 0.225. The van der Waals surface area contributed by atoms with Crippen molar-refractivity contribution in [2.24, 2.45) is 0 Å². The molecule has 2 aromatic carbocycles. The fourth-order valence-corrected chi connectivity index (χ4v) is 3.59. The summed E-state index contributed by atoms with van der Waals surface area (Å²) in [5.41, 5.74) is 3.62. The standard InChI is InChI=1S/C24H23ClN2O3/c1-2-3-9-22-26-24(25)21(16-28)27(22)15-17-10-12-19(13-11-17)20(14-23(29)30)18-7-5-4-6-8-18/h4-8,10-14,16H,2-3,9,15H2,1H3,(H,29,30)/b20-14+. The van der Waals surface area contributed by atoms with E-state index in [1.54, 1.807) is 0 Å². The molecule has 5 nitrogen and oxygen atoms in total. The van der Waals surface area contributed by atoms with Crippen LogP contribution in [-0.2, 0) is 17.8 Å². The third-order valence-electron chi connectivity index (χ3n) is 4.86. The van der Waals surface area contributed by atoms with E-state index < -0.39 is 5.97 Å². The number of carbonyl (C=O) groups excluding carboxylic acids is 1. The Hall–Kier alpha value is -3.18. The molecular formula is C24H23ClN2O3. The Balaban J connectivity index is 1.91. The molecule has 0 radical (unpaired) electrons. The highest BCUT2D eigenvalue weighted by molar-refractivity contribution is 6.31. The van der Waals surface area contributed by atoms with Gasteiger partial charge >= 0.3 is 5.97 Å². The summed E-state index contributed by atoms with van der Waals surface area (Å²) in [6.07, 6.45) is 4.69. The minimum Gasteiger partial charge on any atom is -0.478 e. The smallest absolute Gasteiger partial charge is 0.328 e. The summed E-state index contributed by atoms with van der Waals surface area (Å²) in [6, 6.07) is 17.0. The Kier molecular flexibility index (Phi) is 7.20. The molecule has 1 aromatic heterocycles. The van der Waals surface area contributed by atoms with Gasteiger partial charge in [-0.3, -0.25) is 4.79 Å². The van der Waals surface area contributed by atoms with Crippen LogP contribution in [0.15, 0.2) is 60.7 Å². The average Bonchev–Trinajstić information content (AvgIpc) is 3.05. The van der Waals surface area contributed by atoms with Crippen LogP contribution in [0.4, 0.5) is 0 Å². The molecule has 0 saturated heterocycles. The predicted octanol–water partition coefficient (Wildman–Crippen LogP) is 5.26. The summed E-state index contributed by atoms with van der Waals surface area (Å²) < 4.78 is 1.85. The molecule has 154 valence electrons. The zero-order valence-corrected chi connectivity index (χ0v) is 17.5. The summed E-state index contributed by atoms with van der Waals surface area (Å²) in [5, 5.41) is 9.51. The van der Waals surface area contributed by atoms with Crippen molar-refractivity contribution in [2.45, 2.75) is 32.7 Å². The second-order valence-corrected chi connectivity index (χ2v) is 7.33. The van der Waals surface area contributed by atoms with Crippen LogP contribution < -0.4 is 0 Å². The van der Waals surface area contributed by atoms with E-state index in [2.05, 4.69) is 11.9 Å². The van der Waals surface area contributed by atoms with Gasteiger partial charge in [0.2, 0.25) is 0 Å². The topological polar surface area (TPSA) is 72.2 Å². The highest BCUT2D eigenvalue weighted by Gasteiger charge is 2.15. The van der Waals surface area contributed by atoms with Crippen molar-refractivity contribution in [1.82, 2.24) is 9.55 Å². The van der Waals surface area contributed by atoms with E-state index in [9.17, 15) is 14.7 Å². The van der Waals surface area contributed by atoms with Gasteiger partial charge in [0.05, 0.1) is 0 Å². The number of imidazole rings is 1. The first-order chi connectivity index (χ1) is 14.5. The molecule has 3 rings (SSSR count). The summed E-state index contributed by atoms with van der Waals surface area (Å²) in [5.74, 6) is -0.203. The van der Waals surface area contributed by atoms with Crippen molar-refractivity contribution >= 4 is 29.4 Å². The Morgan fingerprint density at radius 2 is 1.77 bits per heavy atom. The molecule has 3 aromatic rings. The lowest BCUT2D eigenvalue weighted by atomic mass is 9.96. The van der Waals surface area contributed by atoms with Gasteiger partial charge in [0.25, 0.3) is 0 Å². The van der Waals surface area contributed by atoms with Crippen molar-refractivity contribution in [1.29, 1.82) is 0 Å². The van der Waals surface area contributed by atoms with Crippen LogP contribution >= 0.6 is 11.6 Å². The molecule has 0 saturated carbocycles. The van der Waals surface area contributed by atoms with Crippen LogP contribution in [0.25, 0.3) is 5.57 Å². The van der Waals surface area contributed by atoms with E-state index in [0.29, 0.717) is 17.8 Å². The number of rotatable bonds is 9. The Morgan fingerprint density at radius 3 is 2.37 bits per heavy atom. The van der Waals surface area contributed by atoms with Gasteiger partial charge in [-0.05, 0) is 28.7 Å². The predicted molar refractivity (Wildman–Crippen MR) is 118 cm³/mol. The maximum absolute atomic E-state index is 11.5. The van der Waals surface area contributed by atoms with Gasteiger partial charge in [0.1, 0.15) is 11.5 Å². The van der Waals surface area contributed by atoms with E-state index in [-0.39, 0.29) is 5.15 Å². The van der Waals surface area contributed by atoms with Crippen molar-refractivity contribution in [2.75, 3.05) is 0 Å². The maximum atomic E-state index is 11.5. The number of carboxylic acids is 1. The highest BCUT2D eigenvalue weighted by atomic mass is 35.5. The molecule has 0 spiro atoms. The van der Waals surface area contributed by atoms with Crippen molar-refractivity contribution < 1.29 is 14.7 Å². The zero-order valence-electron chi connectivity index (χ0n) is 16.7. The number of hydrogen-bond donors (Lipinski definition) is 1. The second kappa shape index (κ2) is 10.0. The number of nitrogens with zero attached hydrogens (tertiary/aromatic N) is 2. The van der Waals surface area contributed by atoms with E-state index >= 15 is 0 Å². The summed E-state index contributed by atoms with van der Waals surface area (Å²) >= 11 is 6.15. The maximum Gasteiger partial charge on any atom is 0.328 e. The average molecular weight is 423 g/mol. The second-order valence-electron chi connectivity index (χ2n) is 6.97. The number of aliphatic carboxylic acids is 1. The fraction of sp³-hybridized carbons (Fsp3) is 0.208. The van der Waals surface area contributed by atoms with Gasteiger partial charge in [0, 0.05) is 19.0 Å². The molecule has 1 N–H and O–H groups in total. The van der Waals surface area contributed by atoms with Gasteiger partial charge in [0.15, 0.2) is 11.4 Å². The first kappa shape index (κ1) is 21.5. The molecule has 0 unspecified atom stereocenters. The molecule has 0 amide bonds. The number of hydrogen-bond acceptors (Lipinski definition) is 3. The van der Waals surface area contributed by atoms with Gasteiger partial charge in [-0.2, -0.15) is 0 Å². The summed E-state index contributed by atoms with van der Waals surface area (Å²) in [6.45, 7) is 2.57. The SMILES string of the molecule is CCCCc1nc(Cl)c(C=O)n1Cc1ccc(/C(=C/C(=O)O)c2ccccc2)cc1. The summed E-state index contributed by atoms with van der Waals surface area (Å²) in [4.78, 5) is 27.2. The normalized spacial score (nSPS) is 11.5. The van der Waals surface area contributed by atoms with Crippen molar-refractivity contribution in [3.8, 4) is 0 Å². The van der Waals surface area contributed by atoms with Crippen LogP contribution in [0.1, 0.15) is 52.8 Å². The van der Waals surface area contributed by atoms with Crippen LogP contribution in [0, 0.1) is 0 Å². The molecule has 0 aliphatic heterocycles. The highest BCUT2D eigenvalue weighted by Crippen LogP contribution is 2.25. The molecule has 30 heavy (non-hydrogen) atoms. The monoisotopic (exact) mass is 422 g/mol. The number of carbonyl (C=O) groups is 2. The number of halogens is 1. The summed E-state index contributed by atoms with van der Waals surface area (Å²) in [7, 11) is 0. The first-order valence-corrected chi connectivity index (χ1v) is 10.2. The lowest BCUT2D eigenvalue weighted by Gasteiger charge is -2.12. The Labute approximate surface area is 180 Å². The van der Waals surface area contributed by atoms with Crippen LogP contribution in [0.2, 0.25) is 5.15 Å². The van der Waals surface area contributed by atoms with Crippen LogP contribution in [-0.4, -0.2) is 26.9 Å². The van der Waals surface area contributed by atoms with Crippen LogP contribution in [0.5, 0.6) is 0 Å². The lowest BCUT2D eigenvalue weighted by molar-refractivity contribution is -0.131. The number of aldehydes is 1. The van der Waals surface area contributed by atoms with E-state index in [1.165, 1.54) is 6.08 Å². The van der Waals surface area contributed by atoms with E-state index in [1.807, 2.05) is 59.2 Å². The third-order valence-corrected chi connectivity index (χ3v) is 5.14. The Bertz CT molecular complexity index is 1050. The molecule has 0 fully saturated rings. The van der Waals surface area contributed by atoms with Gasteiger partial charge in [-0.1, -0.05) is 79.5 Å². The molecule has 0 aliphatic carbocycles. The number of carboxylic acid groups (broad SMARTS) is 1.